The molecule has 0 aliphatic carbocycles. The lowest BCUT2D eigenvalue weighted by Gasteiger charge is -2.25. The lowest BCUT2D eigenvalue weighted by atomic mass is 9.83. The quantitative estimate of drug-likeness (QED) is 0.707. The summed E-state index contributed by atoms with van der Waals surface area (Å²) < 4.78 is 0. The van der Waals surface area contributed by atoms with Gasteiger partial charge in [-0.15, -0.1) is 12.4 Å². The van der Waals surface area contributed by atoms with Gasteiger partial charge in [-0.1, -0.05) is 65.0 Å². The minimum atomic E-state index is -0.241. The van der Waals surface area contributed by atoms with Crippen LogP contribution in [-0.2, 0) is 12.0 Å². The van der Waals surface area contributed by atoms with E-state index in [-0.39, 0.29) is 23.6 Å². The second-order valence-electron chi connectivity index (χ2n) is 7.44. The van der Waals surface area contributed by atoms with Crippen molar-refractivity contribution in [3.05, 3.63) is 64.7 Å². The van der Waals surface area contributed by atoms with Gasteiger partial charge in [0.25, 0.3) is 0 Å². The van der Waals surface area contributed by atoms with Gasteiger partial charge in [0.05, 0.1) is 0 Å². The van der Waals surface area contributed by atoms with E-state index in [1.165, 1.54) is 0 Å². The number of halogens is 1. The molecule has 0 bridgehead atoms. The molecule has 0 radical (unpaired) electrons. The molecule has 3 nitrogen and oxygen atoms in total. The van der Waals surface area contributed by atoms with Crippen molar-refractivity contribution in [1.82, 2.24) is 4.90 Å². The third-order valence-electron chi connectivity index (χ3n) is 4.58. The Morgan fingerprint density at radius 3 is 2.08 bits per heavy atom. The van der Waals surface area contributed by atoms with Gasteiger partial charge in [0.15, 0.2) is 5.78 Å². The van der Waals surface area contributed by atoms with Gasteiger partial charge in [0.1, 0.15) is 5.75 Å². The van der Waals surface area contributed by atoms with Crippen molar-refractivity contribution >= 4 is 18.2 Å². The Morgan fingerprint density at radius 2 is 1.58 bits per heavy atom. The minimum Gasteiger partial charge on any atom is -0.507 e. The fourth-order valence-electron chi connectivity index (χ4n) is 2.96. The van der Waals surface area contributed by atoms with Gasteiger partial charge < -0.3 is 5.11 Å². The number of phenols is 1. The molecule has 26 heavy (non-hydrogen) atoms. The Balaban J connectivity index is 0.00000338. The number of hydrogen-bond donors (Lipinski definition) is 1. The van der Waals surface area contributed by atoms with Gasteiger partial charge in [0.2, 0.25) is 0 Å². The highest BCUT2D eigenvalue weighted by atomic mass is 35.5. The molecule has 0 heterocycles. The molecule has 0 saturated heterocycles. The van der Waals surface area contributed by atoms with Crippen LogP contribution in [0.5, 0.6) is 5.75 Å². The average molecular weight is 376 g/mol. The van der Waals surface area contributed by atoms with E-state index in [0.717, 1.165) is 24.2 Å². The standard InChI is InChI=1S/C22H29NO2.ClH/c1-6-23(7-2)15-18-13-17(14-19(21(18)25)22(3,4)5)20(24)16-11-9-8-10-12-16;/h8-14,25H,6-7,15H2,1-5H3;1H. The third kappa shape index (κ3) is 5.09. The summed E-state index contributed by atoms with van der Waals surface area (Å²) >= 11 is 0. The van der Waals surface area contributed by atoms with Gasteiger partial charge in [-0.25, -0.2) is 0 Å². The first kappa shape index (κ1) is 22.2. The topological polar surface area (TPSA) is 40.5 Å². The number of ketones is 1. The molecule has 2 aromatic carbocycles. The van der Waals surface area contributed by atoms with Crippen molar-refractivity contribution < 1.29 is 9.90 Å². The molecule has 142 valence electrons. The third-order valence-corrected chi connectivity index (χ3v) is 4.58. The van der Waals surface area contributed by atoms with E-state index in [1.807, 2.05) is 42.5 Å². The molecule has 4 heteroatoms. The van der Waals surface area contributed by atoms with E-state index in [4.69, 9.17) is 0 Å². The average Bonchev–Trinajstić information content (AvgIpc) is 2.60. The Labute approximate surface area is 163 Å². The first-order chi connectivity index (χ1) is 11.8. The maximum Gasteiger partial charge on any atom is 0.193 e. The number of nitrogens with zero attached hydrogens (tertiary/aromatic N) is 1. The maximum absolute atomic E-state index is 12.9. The second-order valence-corrected chi connectivity index (χ2v) is 7.44. The van der Waals surface area contributed by atoms with Gasteiger partial charge in [-0.3, -0.25) is 9.69 Å². The van der Waals surface area contributed by atoms with E-state index in [9.17, 15) is 9.90 Å². The molecule has 0 unspecified atom stereocenters. The summed E-state index contributed by atoms with van der Waals surface area (Å²) in [5.41, 5.74) is 2.69. The van der Waals surface area contributed by atoms with E-state index in [2.05, 4.69) is 39.5 Å². The number of hydrogen-bond acceptors (Lipinski definition) is 3. The van der Waals surface area contributed by atoms with Crippen molar-refractivity contribution in [3.8, 4) is 5.75 Å². The van der Waals surface area contributed by atoms with Crippen molar-refractivity contribution in [2.45, 2.75) is 46.6 Å². The zero-order chi connectivity index (χ0) is 18.6. The number of phenolic OH excluding ortho intramolecular Hbond substituents is 1. The highest BCUT2D eigenvalue weighted by molar-refractivity contribution is 6.09. The molecule has 0 atom stereocenters. The Morgan fingerprint density at radius 1 is 1.00 bits per heavy atom. The first-order valence-corrected chi connectivity index (χ1v) is 8.96. The van der Waals surface area contributed by atoms with Crippen molar-refractivity contribution in [1.29, 1.82) is 0 Å². The van der Waals surface area contributed by atoms with Crippen molar-refractivity contribution in [2.24, 2.45) is 0 Å². The number of aromatic hydroxyl groups is 1. The molecule has 2 aromatic rings. The first-order valence-electron chi connectivity index (χ1n) is 8.96. The summed E-state index contributed by atoms with van der Waals surface area (Å²) in [6.45, 7) is 12.8. The molecule has 0 aliphatic heterocycles. The largest absolute Gasteiger partial charge is 0.507 e. The van der Waals surface area contributed by atoms with Gasteiger partial charge in [-0.2, -0.15) is 0 Å². The number of benzene rings is 2. The van der Waals surface area contributed by atoms with Gasteiger partial charge in [-0.05, 0) is 30.6 Å². The summed E-state index contributed by atoms with van der Waals surface area (Å²) in [7, 11) is 0. The summed E-state index contributed by atoms with van der Waals surface area (Å²) in [5, 5.41) is 10.8. The monoisotopic (exact) mass is 375 g/mol. The molecule has 0 spiro atoms. The Bertz CT molecular complexity index is 732. The number of rotatable bonds is 6. The molecule has 0 fully saturated rings. The number of carbonyl (C=O) groups excluding carboxylic acids is 1. The highest BCUT2D eigenvalue weighted by Gasteiger charge is 2.24. The van der Waals surface area contributed by atoms with Gasteiger partial charge in [0, 0.05) is 28.8 Å². The SMILES string of the molecule is CCN(CC)Cc1cc(C(=O)c2ccccc2)cc(C(C)(C)C)c1O.Cl. The molecular formula is C22H30ClNO2. The molecule has 0 aromatic heterocycles. The van der Waals surface area contributed by atoms with Gasteiger partial charge >= 0.3 is 0 Å². The molecule has 1 N–H and O–H groups in total. The van der Waals surface area contributed by atoms with Crippen LogP contribution in [0.1, 0.15) is 61.7 Å². The smallest absolute Gasteiger partial charge is 0.193 e. The predicted molar refractivity (Wildman–Crippen MR) is 111 cm³/mol. The lowest BCUT2D eigenvalue weighted by Crippen LogP contribution is -2.23. The number of carbonyl (C=O) groups is 1. The Kier molecular flexibility index (Phi) is 7.86. The normalized spacial score (nSPS) is 11.3. The Hall–Kier alpha value is -1.84. The minimum absolute atomic E-state index is 0. The van der Waals surface area contributed by atoms with Crippen LogP contribution in [0, 0.1) is 0 Å². The van der Waals surface area contributed by atoms with Crippen molar-refractivity contribution in [3.63, 3.8) is 0 Å². The van der Waals surface area contributed by atoms with E-state index < -0.39 is 0 Å². The van der Waals surface area contributed by atoms with Crippen LogP contribution in [0.15, 0.2) is 42.5 Å². The van der Waals surface area contributed by atoms with Crippen molar-refractivity contribution in [2.75, 3.05) is 13.1 Å². The summed E-state index contributed by atoms with van der Waals surface area (Å²) in [5.74, 6) is 0.302. The summed E-state index contributed by atoms with van der Waals surface area (Å²) in [6.07, 6.45) is 0. The maximum atomic E-state index is 12.9. The van der Waals surface area contributed by atoms with Crippen LogP contribution in [0.25, 0.3) is 0 Å². The zero-order valence-electron chi connectivity index (χ0n) is 16.4. The molecule has 0 amide bonds. The van der Waals surface area contributed by atoms with Crippen LogP contribution in [-0.4, -0.2) is 28.9 Å². The second kappa shape index (κ2) is 9.20. The molecule has 0 saturated carbocycles. The van der Waals surface area contributed by atoms with Crippen LogP contribution in [0.2, 0.25) is 0 Å². The molecule has 2 rings (SSSR count). The lowest BCUT2D eigenvalue weighted by molar-refractivity contribution is 0.103. The van der Waals surface area contributed by atoms with E-state index in [0.29, 0.717) is 23.4 Å². The van der Waals surface area contributed by atoms with Crippen LogP contribution < -0.4 is 0 Å². The summed E-state index contributed by atoms with van der Waals surface area (Å²) in [4.78, 5) is 15.2. The summed E-state index contributed by atoms with van der Waals surface area (Å²) in [6, 6.07) is 13.0. The fourth-order valence-corrected chi connectivity index (χ4v) is 2.96. The highest BCUT2D eigenvalue weighted by Crippen LogP contribution is 2.35. The van der Waals surface area contributed by atoms with E-state index >= 15 is 0 Å². The van der Waals surface area contributed by atoms with Crippen LogP contribution in [0.4, 0.5) is 0 Å². The fraction of sp³-hybridized carbons (Fsp3) is 0.409. The molecule has 0 aliphatic rings. The zero-order valence-corrected chi connectivity index (χ0v) is 17.2. The van der Waals surface area contributed by atoms with E-state index in [1.54, 1.807) is 0 Å². The molecular weight excluding hydrogens is 346 g/mol. The van der Waals surface area contributed by atoms with Crippen LogP contribution in [0.3, 0.4) is 0 Å². The predicted octanol–water partition coefficient (Wildman–Crippen LogP) is 5.18. The van der Waals surface area contributed by atoms with Crippen LogP contribution >= 0.6 is 12.4 Å².